The number of Topliss-reactive ketones (excluding diaryl/α,β-unsaturated/α-hetero) is 1. The van der Waals surface area contributed by atoms with E-state index >= 15 is 0 Å². The zero-order valence-electron chi connectivity index (χ0n) is 20.0. The van der Waals surface area contributed by atoms with Crippen molar-refractivity contribution < 1.29 is 18.4 Å². The van der Waals surface area contributed by atoms with Crippen molar-refractivity contribution in [1.82, 2.24) is 4.98 Å². The van der Waals surface area contributed by atoms with Crippen LogP contribution in [-0.4, -0.2) is 17.4 Å². The van der Waals surface area contributed by atoms with Crippen molar-refractivity contribution in [3.8, 4) is 17.1 Å². The van der Waals surface area contributed by atoms with Crippen molar-refractivity contribution >= 4 is 51.7 Å². The Hall–Kier alpha value is -3.80. The average Bonchev–Trinajstić information content (AvgIpc) is 3.54. The summed E-state index contributed by atoms with van der Waals surface area (Å²) in [6, 6.07) is 23.2. The van der Waals surface area contributed by atoms with Crippen LogP contribution in [0.15, 0.2) is 87.7 Å². The molecule has 2 aromatic heterocycles. The first-order valence-corrected chi connectivity index (χ1v) is 12.7. The van der Waals surface area contributed by atoms with Crippen molar-refractivity contribution in [2.24, 2.45) is 0 Å². The Labute approximate surface area is 224 Å². The Balaban J connectivity index is 1.51. The predicted octanol–water partition coefficient (Wildman–Crippen LogP) is 9.00. The SMILES string of the molecule is CCCCOc1ccc(C(=O)/C(=C/c2ccc(-c3ccc(Cl)cc3Cl)o2)c2nc3ccccc3o2)cc1. The molecule has 0 N–H and O–H groups in total. The highest BCUT2D eigenvalue weighted by Gasteiger charge is 2.21. The fourth-order valence-electron chi connectivity index (χ4n) is 3.81. The van der Waals surface area contributed by atoms with Gasteiger partial charge < -0.3 is 13.6 Å². The lowest BCUT2D eigenvalue weighted by molar-refractivity contribution is 0.105. The Kier molecular flexibility index (Phi) is 7.45. The number of benzene rings is 3. The molecule has 0 aliphatic heterocycles. The highest BCUT2D eigenvalue weighted by Crippen LogP contribution is 2.33. The fourth-order valence-corrected chi connectivity index (χ4v) is 4.31. The first-order valence-electron chi connectivity index (χ1n) is 11.9. The molecule has 0 spiro atoms. The molecule has 186 valence electrons. The maximum absolute atomic E-state index is 13.7. The Morgan fingerprint density at radius 1 is 0.973 bits per heavy atom. The van der Waals surface area contributed by atoms with Crippen LogP contribution in [-0.2, 0) is 0 Å². The van der Waals surface area contributed by atoms with E-state index in [-0.39, 0.29) is 17.2 Å². The van der Waals surface area contributed by atoms with Crippen LogP contribution in [0.4, 0.5) is 0 Å². The van der Waals surface area contributed by atoms with Crippen LogP contribution in [0.1, 0.15) is 41.8 Å². The number of unbranched alkanes of at least 4 members (excludes halogenated alkanes) is 1. The predicted molar refractivity (Wildman–Crippen MR) is 147 cm³/mol. The first kappa shape index (κ1) is 24.9. The minimum absolute atomic E-state index is 0.206. The molecule has 0 aliphatic rings. The molecule has 5 nitrogen and oxygen atoms in total. The molecule has 0 bridgehead atoms. The molecule has 0 unspecified atom stereocenters. The number of carbonyl (C=O) groups is 1. The van der Waals surface area contributed by atoms with Crippen LogP contribution in [0.25, 0.3) is 34.1 Å². The van der Waals surface area contributed by atoms with E-state index in [4.69, 9.17) is 36.8 Å². The molecule has 0 aliphatic carbocycles. The van der Waals surface area contributed by atoms with E-state index in [0.29, 0.717) is 56.1 Å². The third kappa shape index (κ3) is 5.63. The highest BCUT2D eigenvalue weighted by atomic mass is 35.5. The first-order chi connectivity index (χ1) is 18.0. The lowest BCUT2D eigenvalue weighted by Crippen LogP contribution is -2.04. The highest BCUT2D eigenvalue weighted by molar-refractivity contribution is 6.36. The number of hydrogen-bond donors (Lipinski definition) is 0. The van der Waals surface area contributed by atoms with Crippen molar-refractivity contribution in [3.05, 3.63) is 106 Å². The lowest BCUT2D eigenvalue weighted by atomic mass is 10.0. The van der Waals surface area contributed by atoms with Crippen LogP contribution < -0.4 is 4.74 Å². The number of carbonyl (C=O) groups excluding carboxylic acids is 1. The number of halogens is 2. The van der Waals surface area contributed by atoms with Gasteiger partial charge in [-0.2, -0.15) is 0 Å². The Bertz CT molecular complexity index is 1550. The van der Waals surface area contributed by atoms with Crippen molar-refractivity contribution in [2.75, 3.05) is 6.61 Å². The zero-order valence-corrected chi connectivity index (χ0v) is 21.6. The molecule has 0 amide bonds. The molecule has 7 heteroatoms. The summed E-state index contributed by atoms with van der Waals surface area (Å²) >= 11 is 12.4. The van der Waals surface area contributed by atoms with Crippen LogP contribution in [0.5, 0.6) is 5.75 Å². The number of oxazole rings is 1. The molecule has 37 heavy (non-hydrogen) atoms. The molecule has 0 saturated heterocycles. The molecule has 5 rings (SSSR count). The number of ether oxygens (including phenoxy) is 1. The Morgan fingerprint density at radius 2 is 1.78 bits per heavy atom. The smallest absolute Gasteiger partial charge is 0.231 e. The van der Waals surface area contributed by atoms with Crippen molar-refractivity contribution in [3.63, 3.8) is 0 Å². The van der Waals surface area contributed by atoms with Gasteiger partial charge in [0.1, 0.15) is 22.8 Å². The second kappa shape index (κ2) is 11.1. The van der Waals surface area contributed by atoms with Crippen molar-refractivity contribution in [2.45, 2.75) is 19.8 Å². The van der Waals surface area contributed by atoms with Gasteiger partial charge in [0.25, 0.3) is 0 Å². The molecule has 0 fully saturated rings. The summed E-state index contributed by atoms with van der Waals surface area (Å²) in [6.07, 6.45) is 3.65. The number of allylic oxidation sites excluding steroid dienone is 1. The van der Waals surface area contributed by atoms with E-state index in [1.807, 2.05) is 24.3 Å². The molecule has 2 heterocycles. The van der Waals surface area contributed by atoms with Crippen LogP contribution in [0.2, 0.25) is 10.0 Å². The number of para-hydroxylation sites is 2. The van der Waals surface area contributed by atoms with E-state index in [1.54, 1.807) is 60.7 Å². The lowest BCUT2D eigenvalue weighted by Gasteiger charge is -2.07. The minimum atomic E-state index is -0.255. The van der Waals surface area contributed by atoms with Gasteiger partial charge in [-0.15, -0.1) is 0 Å². The topological polar surface area (TPSA) is 65.5 Å². The second-order valence-corrected chi connectivity index (χ2v) is 9.27. The standard InChI is InChI=1S/C30H23Cl2NO4/c1-2-3-16-35-21-11-8-19(9-12-21)29(34)24(30-33-26-6-4-5-7-28(26)37-30)18-22-13-15-27(36-22)23-14-10-20(31)17-25(23)32/h4-15,17-18H,2-3,16H2,1H3/b24-18-. The van der Waals surface area contributed by atoms with E-state index < -0.39 is 0 Å². The third-order valence-electron chi connectivity index (χ3n) is 5.76. The number of ketones is 1. The van der Waals surface area contributed by atoms with Crippen molar-refractivity contribution in [1.29, 1.82) is 0 Å². The van der Waals surface area contributed by atoms with E-state index in [1.165, 1.54) is 0 Å². The van der Waals surface area contributed by atoms with Gasteiger partial charge in [0.15, 0.2) is 11.4 Å². The van der Waals surface area contributed by atoms with Gasteiger partial charge in [-0.3, -0.25) is 4.79 Å². The monoisotopic (exact) mass is 531 g/mol. The maximum atomic E-state index is 13.7. The average molecular weight is 532 g/mol. The summed E-state index contributed by atoms with van der Waals surface area (Å²) in [5, 5.41) is 1.000. The Morgan fingerprint density at radius 3 is 2.54 bits per heavy atom. The summed E-state index contributed by atoms with van der Waals surface area (Å²) in [7, 11) is 0. The number of fused-ring (bicyclic) bond motifs is 1. The molecule has 0 saturated carbocycles. The fraction of sp³-hybridized carbons (Fsp3) is 0.133. The van der Waals surface area contributed by atoms with Gasteiger partial charge in [0.05, 0.1) is 17.2 Å². The van der Waals surface area contributed by atoms with Gasteiger partial charge >= 0.3 is 0 Å². The molecular formula is C30H23Cl2NO4. The normalized spacial score (nSPS) is 11.7. The number of furan rings is 1. The van der Waals surface area contributed by atoms with Gasteiger partial charge in [0, 0.05) is 16.1 Å². The number of nitrogens with zero attached hydrogens (tertiary/aromatic N) is 1. The van der Waals surface area contributed by atoms with E-state index in [9.17, 15) is 4.79 Å². The summed E-state index contributed by atoms with van der Waals surface area (Å²) in [5.74, 6) is 1.66. The number of aromatic nitrogens is 1. The molecular weight excluding hydrogens is 509 g/mol. The maximum Gasteiger partial charge on any atom is 0.231 e. The largest absolute Gasteiger partial charge is 0.494 e. The summed E-state index contributed by atoms with van der Waals surface area (Å²) < 4.78 is 17.7. The van der Waals surface area contributed by atoms with Gasteiger partial charge in [-0.1, -0.05) is 48.7 Å². The number of hydrogen-bond acceptors (Lipinski definition) is 5. The summed E-state index contributed by atoms with van der Waals surface area (Å²) in [6.45, 7) is 2.74. The van der Waals surface area contributed by atoms with Crippen LogP contribution >= 0.6 is 23.2 Å². The minimum Gasteiger partial charge on any atom is -0.494 e. The molecule has 5 aromatic rings. The summed E-state index contributed by atoms with van der Waals surface area (Å²) in [5.41, 5.74) is 2.68. The second-order valence-electron chi connectivity index (χ2n) is 8.43. The molecule has 0 atom stereocenters. The number of rotatable bonds is 9. The van der Waals surface area contributed by atoms with Gasteiger partial charge in [0.2, 0.25) is 5.89 Å². The third-order valence-corrected chi connectivity index (χ3v) is 6.31. The van der Waals surface area contributed by atoms with Crippen LogP contribution in [0, 0.1) is 0 Å². The molecule has 3 aromatic carbocycles. The van der Waals surface area contributed by atoms with E-state index in [0.717, 1.165) is 12.8 Å². The van der Waals surface area contributed by atoms with Gasteiger partial charge in [-0.05, 0) is 79.2 Å². The van der Waals surface area contributed by atoms with Gasteiger partial charge in [-0.25, -0.2) is 4.98 Å². The van der Waals surface area contributed by atoms with E-state index in [2.05, 4.69) is 11.9 Å². The quantitative estimate of drug-likeness (QED) is 0.108. The van der Waals surface area contributed by atoms with Crippen LogP contribution in [0.3, 0.4) is 0 Å². The molecule has 0 radical (unpaired) electrons. The zero-order chi connectivity index (χ0) is 25.8. The summed E-state index contributed by atoms with van der Waals surface area (Å²) in [4.78, 5) is 18.2.